The Morgan fingerprint density at radius 1 is 1.55 bits per heavy atom. The molecular formula is C14H19N5O. The van der Waals surface area contributed by atoms with Crippen LogP contribution in [0.2, 0.25) is 0 Å². The maximum atomic E-state index is 12.3. The fourth-order valence-corrected chi connectivity index (χ4v) is 2.43. The van der Waals surface area contributed by atoms with E-state index in [4.69, 9.17) is 5.73 Å². The van der Waals surface area contributed by atoms with Crippen molar-refractivity contribution >= 4 is 11.7 Å². The molecule has 1 unspecified atom stereocenters. The van der Waals surface area contributed by atoms with E-state index in [0.717, 1.165) is 12.1 Å². The summed E-state index contributed by atoms with van der Waals surface area (Å²) in [4.78, 5) is 15.6. The lowest BCUT2D eigenvalue weighted by molar-refractivity contribution is 0.135. The van der Waals surface area contributed by atoms with Gasteiger partial charge in [-0.05, 0) is 17.7 Å². The molecule has 1 saturated heterocycles. The van der Waals surface area contributed by atoms with E-state index in [2.05, 4.69) is 11.4 Å². The number of benzene rings is 1. The highest BCUT2D eigenvalue weighted by atomic mass is 16.2. The topological polar surface area (TPSA) is 85.4 Å². The van der Waals surface area contributed by atoms with Crippen molar-refractivity contribution in [1.82, 2.24) is 15.1 Å². The van der Waals surface area contributed by atoms with E-state index >= 15 is 0 Å². The zero-order valence-corrected chi connectivity index (χ0v) is 11.8. The smallest absolute Gasteiger partial charge is 0.320 e. The molecule has 1 aliphatic rings. The molecule has 1 aromatic carbocycles. The van der Waals surface area contributed by atoms with Gasteiger partial charge >= 0.3 is 6.03 Å². The molecular weight excluding hydrogens is 254 g/mol. The minimum absolute atomic E-state index is 0.0442. The monoisotopic (exact) mass is 273 g/mol. The van der Waals surface area contributed by atoms with Crippen molar-refractivity contribution < 1.29 is 4.79 Å². The number of carbonyl (C=O) groups is 1. The zero-order chi connectivity index (χ0) is 14.7. The molecule has 0 spiro atoms. The summed E-state index contributed by atoms with van der Waals surface area (Å²) in [5.74, 6) is 0. The summed E-state index contributed by atoms with van der Waals surface area (Å²) in [6.45, 7) is 2.02. The number of rotatable bonds is 1. The van der Waals surface area contributed by atoms with Crippen LogP contribution in [0.25, 0.3) is 0 Å². The average Bonchev–Trinajstić information content (AvgIpc) is 2.46. The van der Waals surface area contributed by atoms with E-state index in [1.165, 1.54) is 0 Å². The van der Waals surface area contributed by atoms with E-state index in [1.807, 2.05) is 6.07 Å². The van der Waals surface area contributed by atoms with Crippen LogP contribution >= 0.6 is 0 Å². The first-order valence-corrected chi connectivity index (χ1v) is 6.52. The molecule has 1 aliphatic heterocycles. The van der Waals surface area contributed by atoms with Crippen molar-refractivity contribution in [1.29, 1.82) is 5.26 Å². The number of anilines is 1. The molecule has 2 rings (SSSR count). The standard InChI is InChI=1S/C14H19N5O/c1-18(2)14(20)19-6-5-17-9-13(19)12-4-3-11(16)7-10(12)8-15/h3-4,7,13,17H,5-6,9,16H2,1-2H3. The molecule has 6 nitrogen and oxygen atoms in total. The number of amides is 2. The van der Waals surface area contributed by atoms with Gasteiger partial charge in [-0.15, -0.1) is 0 Å². The van der Waals surface area contributed by atoms with Crippen LogP contribution < -0.4 is 11.1 Å². The van der Waals surface area contributed by atoms with Crippen LogP contribution in [-0.4, -0.2) is 49.6 Å². The molecule has 106 valence electrons. The van der Waals surface area contributed by atoms with Gasteiger partial charge < -0.3 is 20.9 Å². The fourth-order valence-electron chi connectivity index (χ4n) is 2.43. The third kappa shape index (κ3) is 2.68. The highest BCUT2D eigenvalue weighted by molar-refractivity contribution is 5.75. The summed E-state index contributed by atoms with van der Waals surface area (Å²) in [6.07, 6.45) is 0. The Hall–Kier alpha value is -2.26. The Balaban J connectivity index is 2.38. The predicted molar refractivity (Wildman–Crippen MR) is 77.0 cm³/mol. The minimum Gasteiger partial charge on any atom is -0.399 e. The van der Waals surface area contributed by atoms with Gasteiger partial charge in [-0.3, -0.25) is 0 Å². The van der Waals surface area contributed by atoms with Gasteiger partial charge in [-0.1, -0.05) is 6.07 Å². The van der Waals surface area contributed by atoms with E-state index in [9.17, 15) is 10.1 Å². The van der Waals surface area contributed by atoms with Crippen LogP contribution in [0.3, 0.4) is 0 Å². The normalized spacial score (nSPS) is 18.4. The molecule has 6 heteroatoms. The van der Waals surface area contributed by atoms with E-state index in [0.29, 0.717) is 24.3 Å². The predicted octanol–water partition coefficient (Wildman–Crippen LogP) is 0.768. The highest BCUT2D eigenvalue weighted by Crippen LogP contribution is 2.27. The molecule has 0 radical (unpaired) electrons. The van der Waals surface area contributed by atoms with E-state index in [1.54, 1.807) is 36.0 Å². The second-order valence-electron chi connectivity index (χ2n) is 5.05. The van der Waals surface area contributed by atoms with E-state index in [-0.39, 0.29) is 12.1 Å². The maximum Gasteiger partial charge on any atom is 0.320 e. The van der Waals surface area contributed by atoms with Crippen molar-refractivity contribution in [3.8, 4) is 6.07 Å². The van der Waals surface area contributed by atoms with Crippen molar-refractivity contribution in [2.75, 3.05) is 39.5 Å². The summed E-state index contributed by atoms with van der Waals surface area (Å²) >= 11 is 0. The third-order valence-electron chi connectivity index (χ3n) is 3.43. The first-order valence-electron chi connectivity index (χ1n) is 6.52. The molecule has 0 aliphatic carbocycles. The lowest BCUT2D eigenvalue weighted by atomic mass is 9.97. The van der Waals surface area contributed by atoms with Crippen molar-refractivity contribution in [2.45, 2.75) is 6.04 Å². The molecule has 1 aromatic rings. The summed E-state index contributed by atoms with van der Waals surface area (Å²) in [5, 5.41) is 12.5. The molecule has 1 atom stereocenters. The number of hydrogen-bond donors (Lipinski definition) is 2. The Bertz CT molecular complexity index is 549. The molecule has 0 bridgehead atoms. The molecule has 3 N–H and O–H groups in total. The molecule has 0 aromatic heterocycles. The SMILES string of the molecule is CN(C)C(=O)N1CCNCC1c1ccc(N)cc1C#N. The quantitative estimate of drug-likeness (QED) is 0.740. The molecule has 1 fully saturated rings. The number of nitrogen functional groups attached to an aromatic ring is 1. The zero-order valence-electron chi connectivity index (χ0n) is 11.8. The third-order valence-corrected chi connectivity index (χ3v) is 3.43. The number of nitriles is 1. The number of hydrogen-bond acceptors (Lipinski definition) is 4. The number of carbonyl (C=O) groups excluding carboxylic acids is 1. The fraction of sp³-hybridized carbons (Fsp3) is 0.429. The number of urea groups is 1. The van der Waals surface area contributed by atoms with Gasteiger partial charge in [-0.2, -0.15) is 5.26 Å². The molecule has 20 heavy (non-hydrogen) atoms. The molecule has 0 saturated carbocycles. The second kappa shape index (κ2) is 5.80. The van der Waals surface area contributed by atoms with Crippen molar-refractivity contribution in [3.05, 3.63) is 29.3 Å². The number of nitrogens with zero attached hydrogens (tertiary/aromatic N) is 3. The van der Waals surface area contributed by atoms with Gasteiger partial charge in [0.1, 0.15) is 0 Å². The van der Waals surface area contributed by atoms with Crippen LogP contribution in [0.5, 0.6) is 0 Å². The Kier molecular flexibility index (Phi) is 4.11. The molecule has 2 amide bonds. The number of nitrogens with one attached hydrogen (secondary N) is 1. The Morgan fingerprint density at radius 2 is 2.30 bits per heavy atom. The van der Waals surface area contributed by atoms with Gasteiger partial charge in [0.2, 0.25) is 0 Å². The minimum atomic E-state index is -0.145. The van der Waals surface area contributed by atoms with Crippen molar-refractivity contribution in [2.24, 2.45) is 0 Å². The van der Waals surface area contributed by atoms with Crippen LogP contribution in [-0.2, 0) is 0 Å². The van der Waals surface area contributed by atoms with Gasteiger partial charge in [0, 0.05) is 39.4 Å². The summed E-state index contributed by atoms with van der Waals surface area (Å²) < 4.78 is 0. The average molecular weight is 273 g/mol. The van der Waals surface area contributed by atoms with Gasteiger partial charge in [0.15, 0.2) is 0 Å². The van der Waals surface area contributed by atoms with Crippen LogP contribution in [0.1, 0.15) is 17.2 Å². The second-order valence-corrected chi connectivity index (χ2v) is 5.05. The lowest BCUT2D eigenvalue weighted by Crippen LogP contribution is -2.51. The highest BCUT2D eigenvalue weighted by Gasteiger charge is 2.30. The largest absolute Gasteiger partial charge is 0.399 e. The first-order chi connectivity index (χ1) is 9.54. The Labute approximate surface area is 118 Å². The lowest BCUT2D eigenvalue weighted by Gasteiger charge is -2.38. The summed E-state index contributed by atoms with van der Waals surface area (Å²) in [6, 6.07) is 7.23. The van der Waals surface area contributed by atoms with Gasteiger partial charge in [0.25, 0.3) is 0 Å². The Morgan fingerprint density at radius 3 is 2.95 bits per heavy atom. The van der Waals surface area contributed by atoms with Crippen LogP contribution in [0.4, 0.5) is 10.5 Å². The summed E-state index contributed by atoms with van der Waals surface area (Å²) in [7, 11) is 3.46. The van der Waals surface area contributed by atoms with Crippen LogP contribution in [0.15, 0.2) is 18.2 Å². The van der Waals surface area contributed by atoms with Crippen LogP contribution in [0, 0.1) is 11.3 Å². The maximum absolute atomic E-state index is 12.3. The van der Waals surface area contributed by atoms with E-state index < -0.39 is 0 Å². The van der Waals surface area contributed by atoms with Gasteiger partial charge in [0.05, 0.1) is 17.7 Å². The number of nitrogens with two attached hydrogens (primary N) is 1. The molecule has 1 heterocycles. The first kappa shape index (κ1) is 14.2. The van der Waals surface area contributed by atoms with Crippen molar-refractivity contribution in [3.63, 3.8) is 0 Å². The number of piperazine rings is 1. The summed E-state index contributed by atoms with van der Waals surface area (Å²) in [5.41, 5.74) is 7.64. The van der Waals surface area contributed by atoms with Gasteiger partial charge in [-0.25, -0.2) is 4.79 Å².